The molecule has 4 heterocycles. The number of hydrogen-bond donors (Lipinski definition) is 2. The van der Waals surface area contributed by atoms with Crippen LogP contribution < -0.4 is 20.3 Å². The number of rotatable bonds is 1. The monoisotopic (exact) mass is 514 g/mol. The predicted molar refractivity (Wildman–Crippen MR) is 147 cm³/mol. The zero-order valence-electron chi connectivity index (χ0n) is 21.6. The van der Waals surface area contributed by atoms with Gasteiger partial charge in [0.15, 0.2) is 0 Å². The third kappa shape index (κ3) is 5.58. The van der Waals surface area contributed by atoms with E-state index in [1.165, 1.54) is 11.3 Å². The second-order valence-corrected chi connectivity index (χ2v) is 9.98. The van der Waals surface area contributed by atoms with Crippen LogP contribution in [-0.2, 0) is 16.1 Å². The zero-order chi connectivity index (χ0) is 25.7. The minimum atomic E-state index is -0.121. The zero-order valence-corrected chi connectivity index (χ0v) is 21.6. The molecule has 6 bridgehead atoms. The molecule has 0 unspecified atom stereocenters. The molecule has 198 valence electrons. The van der Waals surface area contributed by atoms with E-state index >= 15 is 0 Å². The van der Waals surface area contributed by atoms with Crippen LogP contribution in [0.2, 0.25) is 0 Å². The molecule has 1 atom stereocenters. The van der Waals surface area contributed by atoms with Gasteiger partial charge in [0, 0.05) is 49.3 Å². The van der Waals surface area contributed by atoms with E-state index in [2.05, 4.69) is 43.6 Å². The van der Waals surface area contributed by atoms with E-state index in [1.807, 2.05) is 30.3 Å². The number of hydrogen-bond acceptors (Lipinski definition) is 8. The molecule has 38 heavy (non-hydrogen) atoms. The van der Waals surface area contributed by atoms with Gasteiger partial charge in [-0.05, 0) is 67.8 Å². The lowest BCUT2D eigenvalue weighted by molar-refractivity contribution is -0.125. The van der Waals surface area contributed by atoms with Gasteiger partial charge in [0.25, 0.3) is 0 Å². The van der Waals surface area contributed by atoms with Crippen molar-refractivity contribution in [2.24, 2.45) is 0 Å². The average Bonchev–Trinajstić information content (AvgIpc) is 3.41. The summed E-state index contributed by atoms with van der Waals surface area (Å²) in [6, 6.07) is 16.1. The van der Waals surface area contributed by atoms with Crippen molar-refractivity contribution >= 4 is 23.2 Å². The number of nitrogens with one attached hydrogen (secondary N) is 2. The van der Waals surface area contributed by atoms with Crippen molar-refractivity contribution in [2.45, 2.75) is 31.8 Å². The first-order valence-corrected chi connectivity index (χ1v) is 13.5. The quantitative estimate of drug-likeness (QED) is 0.509. The second-order valence-electron chi connectivity index (χ2n) is 9.98. The normalized spacial score (nSPS) is 20.7. The smallest absolute Gasteiger partial charge is 0.237 e. The van der Waals surface area contributed by atoms with Crippen LogP contribution in [0, 0.1) is 0 Å². The highest BCUT2D eigenvalue weighted by molar-refractivity contribution is 5.82. The Morgan fingerprint density at radius 3 is 2.82 bits per heavy atom. The molecule has 1 amide bonds. The molecular weight excluding hydrogens is 480 g/mol. The van der Waals surface area contributed by atoms with Gasteiger partial charge < -0.3 is 25.0 Å². The van der Waals surface area contributed by atoms with Crippen LogP contribution >= 0.6 is 0 Å². The first kappa shape index (κ1) is 24.6. The molecule has 2 aromatic carbocycles. The minimum absolute atomic E-state index is 0.106. The summed E-state index contributed by atoms with van der Waals surface area (Å²) in [6.07, 6.45) is 4.41. The number of benzene rings is 2. The van der Waals surface area contributed by atoms with Gasteiger partial charge in [-0.3, -0.25) is 9.69 Å². The molecule has 0 aliphatic carbocycles. The van der Waals surface area contributed by atoms with Crippen molar-refractivity contribution in [3.8, 4) is 17.0 Å². The molecule has 3 aromatic rings. The highest BCUT2D eigenvalue weighted by Crippen LogP contribution is 2.31. The molecule has 3 aliphatic rings. The number of anilines is 3. The summed E-state index contributed by atoms with van der Waals surface area (Å²) in [4.78, 5) is 27.1. The fraction of sp³-hybridized carbons (Fsp3) is 0.414. The van der Waals surface area contributed by atoms with Crippen molar-refractivity contribution in [2.75, 3.05) is 56.2 Å². The molecule has 3 aliphatic heterocycles. The Bertz CT molecular complexity index is 1280. The summed E-state index contributed by atoms with van der Waals surface area (Å²) < 4.78 is 11.6. The third-order valence-corrected chi connectivity index (χ3v) is 7.40. The Morgan fingerprint density at radius 2 is 1.89 bits per heavy atom. The fourth-order valence-electron chi connectivity index (χ4n) is 5.48. The van der Waals surface area contributed by atoms with Gasteiger partial charge in [-0.25, -0.2) is 9.97 Å². The van der Waals surface area contributed by atoms with Crippen molar-refractivity contribution in [3.63, 3.8) is 0 Å². The Morgan fingerprint density at radius 1 is 0.974 bits per heavy atom. The summed E-state index contributed by atoms with van der Waals surface area (Å²) in [7, 11) is 0. The van der Waals surface area contributed by atoms with Crippen molar-refractivity contribution in [1.82, 2.24) is 20.2 Å². The number of ether oxygens (including phenoxy) is 2. The molecule has 2 N–H and O–H groups in total. The Kier molecular flexibility index (Phi) is 7.37. The van der Waals surface area contributed by atoms with Crippen LogP contribution in [0.3, 0.4) is 0 Å². The number of amides is 1. The van der Waals surface area contributed by atoms with Crippen molar-refractivity contribution in [3.05, 3.63) is 60.3 Å². The van der Waals surface area contributed by atoms with Crippen LogP contribution in [0.5, 0.6) is 5.75 Å². The molecule has 0 saturated carbocycles. The number of nitrogens with zero attached hydrogens (tertiary/aromatic N) is 4. The van der Waals surface area contributed by atoms with Crippen LogP contribution in [0.15, 0.2) is 54.7 Å². The highest BCUT2D eigenvalue weighted by Gasteiger charge is 2.31. The molecule has 2 saturated heterocycles. The SMILES string of the molecule is O=C1NCCCOc2cccc(c2)-c2ccnc(n2)Nc2ccc(N3CCOCC3)c(c2)CN2CCC[C@@H]12. The van der Waals surface area contributed by atoms with Crippen molar-refractivity contribution < 1.29 is 14.3 Å². The van der Waals surface area contributed by atoms with Gasteiger partial charge in [-0.1, -0.05) is 12.1 Å². The number of carbonyl (C=O) groups excluding carboxylic acids is 1. The maximum Gasteiger partial charge on any atom is 0.237 e. The second kappa shape index (κ2) is 11.4. The lowest BCUT2D eigenvalue weighted by Crippen LogP contribution is -2.43. The summed E-state index contributed by atoms with van der Waals surface area (Å²) in [5.74, 6) is 1.43. The van der Waals surface area contributed by atoms with Crippen LogP contribution in [0.25, 0.3) is 11.3 Å². The molecule has 0 spiro atoms. The molecule has 0 radical (unpaired) electrons. The van der Waals surface area contributed by atoms with Gasteiger partial charge in [0.2, 0.25) is 11.9 Å². The average molecular weight is 515 g/mol. The third-order valence-electron chi connectivity index (χ3n) is 7.40. The van der Waals surface area contributed by atoms with E-state index in [0.29, 0.717) is 25.6 Å². The standard InChI is InChI=1S/C29H34N6O3/c36-28-27-6-2-12-35(27)20-22-18-23(7-8-26(22)34-13-16-37-17-14-34)32-29-31-11-9-25(33-29)21-4-1-5-24(19-21)38-15-3-10-30-28/h1,4-5,7-9,11,18-19,27H,2-3,6,10,12-17,20H2,(H,30,36)(H,31,32,33)/t27-/m0/s1. The van der Waals surface area contributed by atoms with E-state index in [1.54, 1.807) is 6.20 Å². The van der Waals surface area contributed by atoms with Crippen LogP contribution in [0.4, 0.5) is 17.3 Å². The van der Waals surface area contributed by atoms with Gasteiger partial charge in [0.1, 0.15) is 5.75 Å². The van der Waals surface area contributed by atoms with Gasteiger partial charge >= 0.3 is 0 Å². The van der Waals surface area contributed by atoms with Gasteiger partial charge in [-0.2, -0.15) is 0 Å². The number of morpholine rings is 1. The Labute approximate surface area is 223 Å². The number of fused-ring (bicyclic) bond motifs is 8. The maximum absolute atomic E-state index is 13.1. The topological polar surface area (TPSA) is 91.8 Å². The van der Waals surface area contributed by atoms with Crippen LogP contribution in [-0.4, -0.2) is 72.8 Å². The van der Waals surface area contributed by atoms with E-state index < -0.39 is 0 Å². The van der Waals surface area contributed by atoms with E-state index in [9.17, 15) is 4.79 Å². The molecule has 6 rings (SSSR count). The lowest BCUT2D eigenvalue weighted by Gasteiger charge is -2.32. The maximum atomic E-state index is 13.1. The summed E-state index contributed by atoms with van der Waals surface area (Å²) in [5, 5.41) is 6.56. The molecule has 1 aromatic heterocycles. The highest BCUT2D eigenvalue weighted by atomic mass is 16.5. The Balaban J connectivity index is 1.35. The van der Waals surface area contributed by atoms with Crippen molar-refractivity contribution in [1.29, 1.82) is 0 Å². The van der Waals surface area contributed by atoms with E-state index in [0.717, 1.165) is 74.8 Å². The first-order valence-electron chi connectivity index (χ1n) is 13.5. The number of carbonyl (C=O) groups is 1. The largest absolute Gasteiger partial charge is 0.494 e. The summed E-state index contributed by atoms with van der Waals surface area (Å²) in [6.45, 7) is 5.89. The van der Waals surface area contributed by atoms with Crippen LogP contribution in [0.1, 0.15) is 24.8 Å². The van der Waals surface area contributed by atoms with E-state index in [-0.39, 0.29) is 11.9 Å². The predicted octanol–water partition coefficient (Wildman–Crippen LogP) is 3.59. The van der Waals surface area contributed by atoms with Gasteiger partial charge in [-0.15, -0.1) is 0 Å². The minimum Gasteiger partial charge on any atom is -0.494 e. The summed E-state index contributed by atoms with van der Waals surface area (Å²) >= 11 is 0. The fourth-order valence-corrected chi connectivity index (χ4v) is 5.48. The molecule has 9 heteroatoms. The lowest BCUT2D eigenvalue weighted by atomic mass is 10.1. The van der Waals surface area contributed by atoms with Gasteiger partial charge in [0.05, 0.1) is 31.6 Å². The van der Waals surface area contributed by atoms with E-state index in [4.69, 9.17) is 14.5 Å². The Hall–Kier alpha value is -3.69. The summed E-state index contributed by atoms with van der Waals surface area (Å²) in [5.41, 5.74) is 5.09. The molecular formula is C29H34N6O3. The molecule has 2 fully saturated rings. The first-order chi connectivity index (χ1) is 18.7. The number of aromatic nitrogens is 2. The molecule has 9 nitrogen and oxygen atoms in total.